The summed E-state index contributed by atoms with van der Waals surface area (Å²) in [4.78, 5) is 11.0. The molecule has 0 radical (unpaired) electrons. The first kappa shape index (κ1) is 11.5. The number of hydrogen-bond donors (Lipinski definition) is 1. The van der Waals surface area contributed by atoms with Gasteiger partial charge in [-0.25, -0.2) is 4.39 Å². The van der Waals surface area contributed by atoms with Crippen LogP contribution in [0.15, 0.2) is 12.1 Å². The number of rotatable bonds is 3. The van der Waals surface area contributed by atoms with Crippen LogP contribution in [0.3, 0.4) is 0 Å². The van der Waals surface area contributed by atoms with Gasteiger partial charge in [-0.2, -0.15) is 5.26 Å². The van der Waals surface area contributed by atoms with E-state index in [4.69, 9.17) is 22.6 Å². The van der Waals surface area contributed by atoms with Gasteiger partial charge in [-0.1, -0.05) is 17.7 Å². The highest BCUT2D eigenvalue weighted by atomic mass is 35.5. The van der Waals surface area contributed by atoms with Crippen LogP contribution in [0.5, 0.6) is 0 Å². The maximum atomic E-state index is 13.0. The van der Waals surface area contributed by atoms with Crippen molar-refractivity contribution in [2.24, 2.45) is 5.73 Å². The van der Waals surface area contributed by atoms with Crippen LogP contribution in [0, 0.1) is 17.1 Å². The lowest BCUT2D eigenvalue weighted by molar-refractivity contribution is 0.0999. The molecular weight excluding hydrogens is 219 g/mol. The molecule has 0 saturated heterocycles. The van der Waals surface area contributed by atoms with E-state index in [9.17, 15) is 9.18 Å². The van der Waals surface area contributed by atoms with Crippen LogP contribution in [0.1, 0.15) is 22.3 Å². The van der Waals surface area contributed by atoms with Crippen LogP contribution in [0.25, 0.3) is 0 Å². The highest BCUT2D eigenvalue weighted by Crippen LogP contribution is 2.24. The van der Waals surface area contributed by atoms with E-state index in [-0.39, 0.29) is 17.0 Å². The van der Waals surface area contributed by atoms with Crippen LogP contribution in [-0.4, -0.2) is 5.91 Å². The van der Waals surface area contributed by atoms with Crippen molar-refractivity contribution >= 4 is 17.5 Å². The predicted molar refractivity (Wildman–Crippen MR) is 53.9 cm³/mol. The largest absolute Gasteiger partial charge is 0.366 e. The molecule has 0 bridgehead atoms. The molecule has 1 rings (SSSR count). The molecule has 0 unspecified atom stereocenters. The van der Waals surface area contributed by atoms with E-state index in [0.29, 0.717) is 12.0 Å². The van der Waals surface area contributed by atoms with Crippen molar-refractivity contribution in [3.63, 3.8) is 0 Å². The highest BCUT2D eigenvalue weighted by molar-refractivity contribution is 6.34. The molecule has 0 aliphatic rings. The zero-order chi connectivity index (χ0) is 11.4. The second-order valence-corrected chi connectivity index (χ2v) is 3.30. The first-order valence-corrected chi connectivity index (χ1v) is 4.59. The quantitative estimate of drug-likeness (QED) is 0.857. The standard InChI is InChI=1S/C10H8ClFN2O/c11-9-7(12)4-3-6(2-1-5-13)8(9)10(14)15/h3-4H,1-2H2,(H2,14,15). The fourth-order valence-electron chi connectivity index (χ4n) is 1.26. The first-order valence-electron chi connectivity index (χ1n) is 4.21. The van der Waals surface area contributed by atoms with Gasteiger partial charge in [0.2, 0.25) is 0 Å². The summed E-state index contributed by atoms with van der Waals surface area (Å²) in [6.07, 6.45) is 0.553. The molecule has 0 atom stereocenters. The monoisotopic (exact) mass is 226 g/mol. The van der Waals surface area contributed by atoms with Gasteiger partial charge in [0.05, 0.1) is 16.7 Å². The van der Waals surface area contributed by atoms with E-state index in [1.165, 1.54) is 6.07 Å². The van der Waals surface area contributed by atoms with Crippen molar-refractivity contribution < 1.29 is 9.18 Å². The Hall–Kier alpha value is -1.60. The number of hydrogen-bond acceptors (Lipinski definition) is 2. The number of nitrogens with zero attached hydrogens (tertiary/aromatic N) is 1. The van der Waals surface area contributed by atoms with E-state index in [0.717, 1.165) is 6.07 Å². The van der Waals surface area contributed by atoms with E-state index in [1.54, 1.807) is 0 Å². The topological polar surface area (TPSA) is 66.9 Å². The number of halogens is 2. The van der Waals surface area contributed by atoms with Gasteiger partial charge < -0.3 is 5.73 Å². The Morgan fingerprint density at radius 2 is 2.27 bits per heavy atom. The van der Waals surface area contributed by atoms with E-state index >= 15 is 0 Å². The minimum Gasteiger partial charge on any atom is -0.366 e. The highest BCUT2D eigenvalue weighted by Gasteiger charge is 2.15. The molecule has 1 aromatic rings. The molecule has 0 aliphatic carbocycles. The Labute approximate surface area is 91.3 Å². The maximum absolute atomic E-state index is 13.0. The Kier molecular flexibility index (Phi) is 3.64. The van der Waals surface area contributed by atoms with Gasteiger partial charge in [-0.3, -0.25) is 4.79 Å². The number of primary amides is 1. The molecule has 1 amide bonds. The molecule has 15 heavy (non-hydrogen) atoms. The van der Waals surface area contributed by atoms with Gasteiger partial charge in [-0.15, -0.1) is 0 Å². The lowest BCUT2D eigenvalue weighted by Gasteiger charge is -2.07. The number of nitrogens with two attached hydrogens (primary N) is 1. The zero-order valence-corrected chi connectivity index (χ0v) is 8.51. The van der Waals surface area contributed by atoms with Gasteiger partial charge in [0.1, 0.15) is 5.82 Å². The summed E-state index contributed by atoms with van der Waals surface area (Å²) in [6, 6.07) is 4.50. The molecule has 0 heterocycles. The lowest BCUT2D eigenvalue weighted by Crippen LogP contribution is -2.15. The third-order valence-corrected chi connectivity index (χ3v) is 2.30. The Morgan fingerprint density at radius 1 is 1.60 bits per heavy atom. The zero-order valence-electron chi connectivity index (χ0n) is 7.76. The number of nitriles is 1. The molecule has 0 saturated carbocycles. The van der Waals surface area contributed by atoms with Crippen LogP contribution < -0.4 is 5.73 Å². The minimum atomic E-state index is -0.785. The molecule has 0 spiro atoms. The second-order valence-electron chi connectivity index (χ2n) is 2.92. The molecule has 0 aromatic heterocycles. The average Bonchev–Trinajstić information content (AvgIpc) is 2.19. The van der Waals surface area contributed by atoms with Crippen molar-refractivity contribution in [2.75, 3.05) is 0 Å². The molecule has 1 aromatic carbocycles. The SMILES string of the molecule is N#CCCc1ccc(F)c(Cl)c1C(N)=O. The van der Waals surface area contributed by atoms with Crippen LogP contribution in [0.4, 0.5) is 4.39 Å². The fourth-order valence-corrected chi connectivity index (χ4v) is 1.53. The number of carbonyl (C=O) groups is 1. The van der Waals surface area contributed by atoms with E-state index < -0.39 is 11.7 Å². The van der Waals surface area contributed by atoms with E-state index in [1.807, 2.05) is 6.07 Å². The Balaban J connectivity index is 3.22. The molecule has 3 nitrogen and oxygen atoms in total. The number of amides is 1. The van der Waals surface area contributed by atoms with Gasteiger partial charge in [-0.05, 0) is 18.1 Å². The Bertz CT molecular complexity index is 440. The van der Waals surface area contributed by atoms with Crippen molar-refractivity contribution in [1.82, 2.24) is 0 Å². The third-order valence-electron chi connectivity index (χ3n) is 1.93. The predicted octanol–water partition coefficient (Wildman–Crippen LogP) is 2.03. The van der Waals surface area contributed by atoms with Gasteiger partial charge in [0.25, 0.3) is 5.91 Å². The fraction of sp³-hybridized carbons (Fsp3) is 0.200. The summed E-state index contributed by atoms with van der Waals surface area (Å²) in [5.74, 6) is -1.47. The molecule has 0 aliphatic heterocycles. The maximum Gasteiger partial charge on any atom is 0.250 e. The molecule has 0 fully saturated rings. The smallest absolute Gasteiger partial charge is 0.250 e. The summed E-state index contributed by atoms with van der Waals surface area (Å²) in [7, 11) is 0. The average molecular weight is 227 g/mol. The van der Waals surface area contributed by atoms with Crippen molar-refractivity contribution in [1.29, 1.82) is 5.26 Å². The van der Waals surface area contributed by atoms with Crippen LogP contribution in [0.2, 0.25) is 5.02 Å². The second kappa shape index (κ2) is 4.76. The van der Waals surface area contributed by atoms with E-state index in [2.05, 4.69) is 0 Å². The van der Waals surface area contributed by atoms with Gasteiger partial charge in [0, 0.05) is 6.42 Å². The van der Waals surface area contributed by atoms with Crippen LogP contribution >= 0.6 is 11.6 Å². The number of benzene rings is 1. The van der Waals surface area contributed by atoms with Crippen molar-refractivity contribution in [3.05, 3.63) is 34.1 Å². The normalized spacial score (nSPS) is 9.67. The molecule has 78 valence electrons. The summed E-state index contributed by atoms with van der Waals surface area (Å²) < 4.78 is 13.0. The van der Waals surface area contributed by atoms with Crippen molar-refractivity contribution in [3.8, 4) is 6.07 Å². The van der Waals surface area contributed by atoms with Crippen LogP contribution in [-0.2, 0) is 6.42 Å². The van der Waals surface area contributed by atoms with Crippen molar-refractivity contribution in [2.45, 2.75) is 12.8 Å². The molecule has 2 N–H and O–H groups in total. The van der Waals surface area contributed by atoms with Gasteiger partial charge >= 0.3 is 0 Å². The number of carbonyl (C=O) groups excluding carboxylic acids is 1. The first-order chi connectivity index (χ1) is 7.07. The molecular formula is C10H8ClFN2O. The molecule has 5 heteroatoms. The Morgan fingerprint density at radius 3 is 2.80 bits per heavy atom. The summed E-state index contributed by atoms with van der Waals surface area (Å²) in [5.41, 5.74) is 5.54. The summed E-state index contributed by atoms with van der Waals surface area (Å²) in [6.45, 7) is 0. The van der Waals surface area contributed by atoms with Gasteiger partial charge in [0.15, 0.2) is 0 Å². The summed E-state index contributed by atoms with van der Waals surface area (Å²) >= 11 is 5.61. The minimum absolute atomic E-state index is 0.0353. The number of aryl methyl sites for hydroxylation is 1. The third kappa shape index (κ3) is 2.45. The summed E-state index contributed by atoms with van der Waals surface area (Å²) in [5, 5.41) is 8.13. The lowest BCUT2D eigenvalue weighted by atomic mass is 10.0.